The third-order valence-corrected chi connectivity index (χ3v) is 15.2. The lowest BCUT2D eigenvalue weighted by Crippen LogP contribution is -2.45. The molecule has 0 saturated heterocycles. The number of carbonyl (C=O) groups is 2. The first kappa shape index (κ1) is 71.1. The minimum absolute atomic E-state index is 0.00754. The lowest BCUT2D eigenvalue weighted by atomic mass is 10.0. The Morgan fingerprint density at radius 3 is 1.07 bits per heavy atom. The van der Waals surface area contributed by atoms with Crippen LogP contribution >= 0.6 is 0 Å². The molecule has 0 aromatic heterocycles. The smallest absolute Gasteiger partial charge is 0.305 e. The molecular weight excluding hydrogens is 899 g/mol. The van der Waals surface area contributed by atoms with Gasteiger partial charge in [-0.2, -0.15) is 0 Å². The summed E-state index contributed by atoms with van der Waals surface area (Å²) in [6.07, 6.45) is 79.0. The molecule has 2 unspecified atom stereocenters. The fraction of sp³-hybridized carbons (Fsp3) is 0.881. The Labute approximate surface area is 455 Å². The van der Waals surface area contributed by atoms with Crippen LogP contribution in [0.5, 0.6) is 0 Å². The van der Waals surface area contributed by atoms with Gasteiger partial charge in [0.15, 0.2) is 0 Å². The molecule has 0 aliphatic rings. The summed E-state index contributed by atoms with van der Waals surface area (Å²) >= 11 is 0. The SMILES string of the molecule is CCCCC/C=C\C/C=C\CCCCCCCCCC(=O)OCCCCCCCCCCCCCCCCCC(=O)NC(CO)C(O)/C=C/CCCCCCCCCCCCCCCCCCCCCCCC. The molecule has 0 saturated carbocycles. The van der Waals surface area contributed by atoms with Crippen molar-refractivity contribution in [1.29, 1.82) is 0 Å². The van der Waals surface area contributed by atoms with Crippen LogP contribution in [-0.2, 0) is 14.3 Å². The predicted molar refractivity (Wildman–Crippen MR) is 319 cm³/mol. The molecule has 0 aromatic rings. The number of aliphatic hydroxyl groups is 2. The Kier molecular flexibility index (Phi) is 61.0. The van der Waals surface area contributed by atoms with E-state index in [4.69, 9.17) is 4.74 Å². The second kappa shape index (κ2) is 62.6. The average molecular weight is 1030 g/mol. The molecule has 1 amide bonds. The predicted octanol–water partition coefficient (Wildman–Crippen LogP) is 20.8. The van der Waals surface area contributed by atoms with E-state index >= 15 is 0 Å². The number of carbonyl (C=O) groups excluding carboxylic acids is 2. The molecule has 6 nitrogen and oxygen atoms in total. The van der Waals surface area contributed by atoms with Crippen molar-refractivity contribution in [3.05, 3.63) is 36.5 Å². The molecule has 0 bridgehead atoms. The van der Waals surface area contributed by atoms with Crippen LogP contribution in [0, 0.1) is 0 Å². The van der Waals surface area contributed by atoms with Crippen LogP contribution in [0.15, 0.2) is 36.5 Å². The molecule has 0 heterocycles. The van der Waals surface area contributed by atoms with Crippen molar-refractivity contribution in [3.8, 4) is 0 Å². The van der Waals surface area contributed by atoms with Crippen LogP contribution in [0.1, 0.15) is 354 Å². The number of aliphatic hydroxyl groups excluding tert-OH is 2. The Morgan fingerprint density at radius 2 is 0.685 bits per heavy atom. The van der Waals surface area contributed by atoms with Crippen molar-refractivity contribution in [1.82, 2.24) is 5.32 Å². The fourth-order valence-electron chi connectivity index (χ4n) is 10.1. The standard InChI is InChI=1S/C67H127NO5/c1-3-5-7-9-11-13-15-17-19-21-22-23-24-25-26-27-29-31-35-39-43-47-51-55-59-65(70)64(63-69)68-66(71)60-56-52-48-44-40-36-32-30-34-38-42-46-50-54-58-62-73-67(72)61-57-53-49-45-41-37-33-28-20-18-16-14-12-10-8-6-4-2/h12,14,18,20,55,59,64-65,69-70H,3-11,13,15-17,19,21-54,56-58,60-63H2,1-2H3,(H,68,71)/b14-12-,20-18-,59-55+. The van der Waals surface area contributed by atoms with Crippen molar-refractivity contribution < 1.29 is 24.5 Å². The van der Waals surface area contributed by atoms with Crippen LogP contribution in [0.25, 0.3) is 0 Å². The second-order valence-corrected chi connectivity index (χ2v) is 22.5. The third kappa shape index (κ3) is 59.2. The number of allylic oxidation sites excluding steroid dienone is 5. The van der Waals surface area contributed by atoms with E-state index in [-0.39, 0.29) is 18.5 Å². The highest BCUT2D eigenvalue weighted by atomic mass is 16.5. The van der Waals surface area contributed by atoms with Gasteiger partial charge in [0.25, 0.3) is 0 Å². The molecular formula is C67H127NO5. The van der Waals surface area contributed by atoms with Gasteiger partial charge in [-0.25, -0.2) is 0 Å². The molecule has 0 aliphatic carbocycles. The van der Waals surface area contributed by atoms with Gasteiger partial charge < -0.3 is 20.3 Å². The highest BCUT2D eigenvalue weighted by molar-refractivity contribution is 5.76. The van der Waals surface area contributed by atoms with E-state index in [1.807, 2.05) is 6.08 Å². The molecule has 73 heavy (non-hydrogen) atoms. The van der Waals surface area contributed by atoms with Gasteiger partial charge in [-0.1, -0.05) is 314 Å². The zero-order valence-electron chi connectivity index (χ0n) is 49.1. The summed E-state index contributed by atoms with van der Waals surface area (Å²) in [5.41, 5.74) is 0. The number of esters is 1. The maximum Gasteiger partial charge on any atom is 0.305 e. The van der Waals surface area contributed by atoms with Crippen LogP contribution in [-0.4, -0.2) is 47.4 Å². The van der Waals surface area contributed by atoms with Gasteiger partial charge in [-0.15, -0.1) is 0 Å². The normalized spacial score (nSPS) is 12.8. The molecule has 3 N–H and O–H groups in total. The van der Waals surface area contributed by atoms with Crippen LogP contribution in [0.4, 0.5) is 0 Å². The fourth-order valence-corrected chi connectivity index (χ4v) is 10.1. The molecule has 0 aromatic carbocycles. The number of rotatable bonds is 61. The van der Waals surface area contributed by atoms with Gasteiger partial charge in [0.1, 0.15) is 0 Å². The van der Waals surface area contributed by atoms with Crippen LogP contribution < -0.4 is 5.32 Å². The van der Waals surface area contributed by atoms with E-state index in [9.17, 15) is 19.8 Å². The lowest BCUT2D eigenvalue weighted by Gasteiger charge is -2.20. The van der Waals surface area contributed by atoms with Gasteiger partial charge in [0.2, 0.25) is 5.91 Å². The minimum Gasteiger partial charge on any atom is -0.466 e. The van der Waals surface area contributed by atoms with Crippen molar-refractivity contribution in [3.63, 3.8) is 0 Å². The zero-order chi connectivity index (χ0) is 52.9. The largest absolute Gasteiger partial charge is 0.466 e. The van der Waals surface area contributed by atoms with Gasteiger partial charge in [-0.05, 0) is 64.2 Å². The van der Waals surface area contributed by atoms with Crippen molar-refractivity contribution in [2.24, 2.45) is 0 Å². The molecule has 0 aliphatic heterocycles. The molecule has 0 fully saturated rings. The summed E-state index contributed by atoms with van der Waals surface area (Å²) in [5, 5.41) is 23.2. The van der Waals surface area contributed by atoms with Crippen LogP contribution in [0.3, 0.4) is 0 Å². The number of hydrogen-bond donors (Lipinski definition) is 3. The first-order valence-corrected chi connectivity index (χ1v) is 32.8. The first-order chi connectivity index (χ1) is 36.0. The quantitative estimate of drug-likeness (QED) is 0.0320. The van der Waals surface area contributed by atoms with E-state index in [0.29, 0.717) is 19.4 Å². The summed E-state index contributed by atoms with van der Waals surface area (Å²) in [4.78, 5) is 24.6. The molecule has 6 heteroatoms. The Bertz CT molecular complexity index is 1180. The first-order valence-electron chi connectivity index (χ1n) is 32.8. The van der Waals surface area contributed by atoms with E-state index in [2.05, 4.69) is 43.5 Å². The van der Waals surface area contributed by atoms with Crippen molar-refractivity contribution in [2.45, 2.75) is 366 Å². The number of nitrogens with one attached hydrogen (secondary N) is 1. The monoisotopic (exact) mass is 1030 g/mol. The Balaban J connectivity index is 3.46. The molecule has 0 spiro atoms. The number of unbranched alkanes of at least 4 members (excludes halogenated alkanes) is 46. The van der Waals surface area contributed by atoms with Gasteiger partial charge in [-0.3, -0.25) is 9.59 Å². The number of hydrogen-bond acceptors (Lipinski definition) is 5. The molecule has 0 radical (unpaired) electrons. The van der Waals surface area contributed by atoms with E-state index < -0.39 is 12.1 Å². The van der Waals surface area contributed by atoms with E-state index in [1.54, 1.807) is 6.08 Å². The maximum atomic E-state index is 12.5. The Hall–Kier alpha value is -1.92. The van der Waals surface area contributed by atoms with Crippen LogP contribution in [0.2, 0.25) is 0 Å². The average Bonchev–Trinajstić information content (AvgIpc) is 3.39. The summed E-state index contributed by atoms with van der Waals surface area (Å²) in [7, 11) is 0. The summed E-state index contributed by atoms with van der Waals surface area (Å²) < 4.78 is 5.48. The minimum atomic E-state index is -0.852. The van der Waals surface area contributed by atoms with E-state index in [1.165, 1.54) is 263 Å². The highest BCUT2D eigenvalue weighted by Gasteiger charge is 2.18. The molecule has 2 atom stereocenters. The van der Waals surface area contributed by atoms with Gasteiger partial charge in [0.05, 0.1) is 25.4 Å². The Morgan fingerprint density at radius 1 is 0.384 bits per heavy atom. The second-order valence-electron chi connectivity index (χ2n) is 22.5. The molecule has 430 valence electrons. The maximum absolute atomic E-state index is 12.5. The third-order valence-electron chi connectivity index (χ3n) is 15.2. The topological polar surface area (TPSA) is 95.9 Å². The highest BCUT2D eigenvalue weighted by Crippen LogP contribution is 2.18. The zero-order valence-corrected chi connectivity index (χ0v) is 49.1. The summed E-state index contributed by atoms with van der Waals surface area (Å²) in [6.45, 7) is 4.88. The van der Waals surface area contributed by atoms with Crippen molar-refractivity contribution in [2.75, 3.05) is 13.2 Å². The van der Waals surface area contributed by atoms with Gasteiger partial charge in [0, 0.05) is 12.8 Å². The molecule has 0 rings (SSSR count). The summed E-state index contributed by atoms with van der Waals surface area (Å²) in [5.74, 6) is -0.0810. The van der Waals surface area contributed by atoms with Gasteiger partial charge >= 0.3 is 5.97 Å². The van der Waals surface area contributed by atoms with E-state index in [0.717, 1.165) is 64.2 Å². The summed E-state index contributed by atoms with van der Waals surface area (Å²) in [6, 6.07) is -0.637. The lowest BCUT2D eigenvalue weighted by molar-refractivity contribution is -0.143. The number of ether oxygens (including phenoxy) is 1. The number of amides is 1. The van der Waals surface area contributed by atoms with Crippen molar-refractivity contribution >= 4 is 11.9 Å².